The molecule has 1 fully saturated rings. The molecule has 5 nitrogen and oxygen atoms in total. The lowest BCUT2D eigenvalue weighted by molar-refractivity contribution is -0.122. The van der Waals surface area contributed by atoms with E-state index in [9.17, 15) is 4.79 Å². The van der Waals surface area contributed by atoms with E-state index < -0.39 is 0 Å². The van der Waals surface area contributed by atoms with Gasteiger partial charge in [0, 0.05) is 36.1 Å². The number of nitrogens with zero attached hydrogens (tertiary/aromatic N) is 3. The fourth-order valence-corrected chi connectivity index (χ4v) is 3.80. The second-order valence-electron chi connectivity index (χ2n) is 6.79. The van der Waals surface area contributed by atoms with Crippen LogP contribution in [-0.2, 0) is 11.2 Å². The zero-order valence-corrected chi connectivity index (χ0v) is 16.1. The Kier molecular flexibility index (Phi) is 5.91. The van der Waals surface area contributed by atoms with Gasteiger partial charge in [-0.1, -0.05) is 37.6 Å². The Morgan fingerprint density at radius 1 is 1.40 bits per heavy atom. The van der Waals surface area contributed by atoms with Crippen LogP contribution in [0.25, 0.3) is 0 Å². The van der Waals surface area contributed by atoms with E-state index in [-0.39, 0.29) is 11.9 Å². The molecule has 1 amide bonds. The molecular weight excluding hydrogens is 356 g/mol. The van der Waals surface area contributed by atoms with Crippen molar-refractivity contribution in [2.45, 2.75) is 39.2 Å². The Morgan fingerprint density at radius 2 is 2.16 bits per heavy atom. The van der Waals surface area contributed by atoms with Crippen LogP contribution in [0.5, 0.6) is 0 Å². The van der Waals surface area contributed by atoms with Gasteiger partial charge in [-0.25, -0.2) is 4.98 Å². The molecule has 2 aromatic rings. The van der Waals surface area contributed by atoms with Gasteiger partial charge in [-0.2, -0.15) is 4.37 Å². The molecule has 0 radical (unpaired) electrons. The van der Waals surface area contributed by atoms with Crippen LogP contribution < -0.4 is 10.2 Å². The highest BCUT2D eigenvalue weighted by atomic mass is 35.5. The summed E-state index contributed by atoms with van der Waals surface area (Å²) in [7, 11) is 0. The number of carbonyl (C=O) groups excluding carboxylic acids is 1. The van der Waals surface area contributed by atoms with Gasteiger partial charge in [-0.05, 0) is 36.5 Å². The van der Waals surface area contributed by atoms with E-state index in [0.717, 1.165) is 40.9 Å². The molecule has 1 aromatic heterocycles. The van der Waals surface area contributed by atoms with Gasteiger partial charge < -0.3 is 10.2 Å². The van der Waals surface area contributed by atoms with Crippen molar-refractivity contribution in [3.63, 3.8) is 0 Å². The topological polar surface area (TPSA) is 58.1 Å². The molecule has 134 valence electrons. The number of benzene rings is 1. The van der Waals surface area contributed by atoms with E-state index >= 15 is 0 Å². The van der Waals surface area contributed by atoms with E-state index in [2.05, 4.69) is 33.4 Å². The number of halogens is 1. The predicted octanol–water partition coefficient (Wildman–Crippen LogP) is 3.52. The van der Waals surface area contributed by atoms with Crippen molar-refractivity contribution in [3.05, 3.63) is 40.7 Å². The minimum Gasteiger partial charge on any atom is -0.354 e. The fraction of sp³-hybridized carbons (Fsp3) is 0.500. The summed E-state index contributed by atoms with van der Waals surface area (Å²) < 4.78 is 4.47. The molecule has 0 bridgehead atoms. The highest BCUT2D eigenvalue weighted by Crippen LogP contribution is 2.28. The number of carbonyl (C=O) groups is 1. The molecule has 1 aliphatic heterocycles. The Balaban J connectivity index is 1.66. The molecule has 2 heterocycles. The Hall–Kier alpha value is -1.66. The van der Waals surface area contributed by atoms with Crippen molar-refractivity contribution in [2.75, 3.05) is 18.0 Å². The van der Waals surface area contributed by atoms with Crippen molar-refractivity contribution in [1.29, 1.82) is 0 Å². The lowest BCUT2D eigenvalue weighted by atomic mass is 10.1. The fourth-order valence-electron chi connectivity index (χ4n) is 2.91. The standard InChI is InChI=1S/C18H23ClN4OS/c1-12(2)11-20-17(24)15-4-3-9-23(15)18-21-16(22-25-18)10-13-5-7-14(19)8-6-13/h5-8,12,15H,3-4,9-11H2,1-2H3,(H,20,24)/t15-/m0/s1. The molecule has 7 heteroatoms. The Labute approximate surface area is 157 Å². The first kappa shape index (κ1) is 18.1. The van der Waals surface area contributed by atoms with Crippen molar-refractivity contribution < 1.29 is 4.79 Å². The summed E-state index contributed by atoms with van der Waals surface area (Å²) in [5.74, 6) is 1.34. The third-order valence-corrected chi connectivity index (χ3v) is 5.26. The largest absolute Gasteiger partial charge is 0.354 e. The molecule has 1 N–H and O–H groups in total. The van der Waals surface area contributed by atoms with Gasteiger partial charge in [0.2, 0.25) is 11.0 Å². The first-order valence-electron chi connectivity index (χ1n) is 8.64. The highest BCUT2D eigenvalue weighted by molar-refractivity contribution is 7.09. The molecule has 3 rings (SSSR count). The molecule has 1 saturated heterocycles. The van der Waals surface area contributed by atoms with Gasteiger partial charge in [-0.15, -0.1) is 0 Å². The summed E-state index contributed by atoms with van der Waals surface area (Å²) in [6.07, 6.45) is 2.55. The average molecular weight is 379 g/mol. The number of hydrogen-bond donors (Lipinski definition) is 1. The first-order chi connectivity index (χ1) is 12.0. The van der Waals surface area contributed by atoms with Crippen LogP contribution in [0.2, 0.25) is 5.02 Å². The van der Waals surface area contributed by atoms with E-state index in [1.54, 1.807) is 0 Å². The summed E-state index contributed by atoms with van der Waals surface area (Å²) in [5, 5.41) is 4.60. The zero-order valence-electron chi connectivity index (χ0n) is 14.5. The number of hydrogen-bond acceptors (Lipinski definition) is 5. The van der Waals surface area contributed by atoms with Crippen LogP contribution >= 0.6 is 23.1 Å². The molecule has 0 saturated carbocycles. The zero-order chi connectivity index (χ0) is 17.8. The average Bonchev–Trinajstić information content (AvgIpc) is 3.23. The molecule has 1 atom stereocenters. The molecule has 1 aliphatic rings. The Bertz CT molecular complexity index is 716. The van der Waals surface area contributed by atoms with Crippen LogP contribution in [0.3, 0.4) is 0 Å². The van der Waals surface area contributed by atoms with Gasteiger partial charge >= 0.3 is 0 Å². The van der Waals surface area contributed by atoms with Crippen molar-refractivity contribution in [1.82, 2.24) is 14.7 Å². The van der Waals surface area contributed by atoms with E-state index in [1.165, 1.54) is 11.5 Å². The van der Waals surface area contributed by atoms with Crippen LogP contribution in [0.15, 0.2) is 24.3 Å². The Morgan fingerprint density at radius 3 is 2.88 bits per heavy atom. The molecule has 1 aromatic carbocycles. The third kappa shape index (κ3) is 4.70. The van der Waals surface area contributed by atoms with Gasteiger partial charge in [0.05, 0.1) is 0 Å². The minimum absolute atomic E-state index is 0.0978. The van der Waals surface area contributed by atoms with Crippen molar-refractivity contribution >= 4 is 34.2 Å². The lowest BCUT2D eigenvalue weighted by Gasteiger charge is -2.23. The van der Waals surface area contributed by atoms with Gasteiger partial charge in [0.15, 0.2) is 0 Å². The summed E-state index contributed by atoms with van der Waals surface area (Å²) in [6, 6.07) is 7.59. The normalized spacial score (nSPS) is 17.3. The minimum atomic E-state index is -0.130. The van der Waals surface area contributed by atoms with Gasteiger partial charge in [0.25, 0.3) is 0 Å². The predicted molar refractivity (Wildman–Crippen MR) is 102 cm³/mol. The third-order valence-electron chi connectivity index (χ3n) is 4.22. The molecular formula is C18H23ClN4OS. The van der Waals surface area contributed by atoms with Crippen LogP contribution in [0, 0.1) is 5.92 Å². The first-order valence-corrected chi connectivity index (χ1v) is 9.79. The van der Waals surface area contributed by atoms with Crippen molar-refractivity contribution in [2.24, 2.45) is 5.92 Å². The molecule has 0 spiro atoms. The van der Waals surface area contributed by atoms with E-state index in [0.29, 0.717) is 18.9 Å². The number of anilines is 1. The molecule has 0 unspecified atom stereocenters. The summed E-state index contributed by atoms with van der Waals surface area (Å²) >= 11 is 7.30. The molecule has 0 aliphatic carbocycles. The number of nitrogens with one attached hydrogen (secondary N) is 1. The SMILES string of the molecule is CC(C)CNC(=O)[C@@H]1CCCN1c1nc(Cc2ccc(Cl)cc2)ns1. The summed E-state index contributed by atoms with van der Waals surface area (Å²) in [4.78, 5) is 19.2. The number of rotatable bonds is 6. The molecule has 25 heavy (non-hydrogen) atoms. The smallest absolute Gasteiger partial charge is 0.242 e. The maximum Gasteiger partial charge on any atom is 0.242 e. The van der Waals surface area contributed by atoms with Gasteiger partial charge in [0.1, 0.15) is 11.9 Å². The second kappa shape index (κ2) is 8.15. The maximum atomic E-state index is 12.5. The van der Waals surface area contributed by atoms with Crippen LogP contribution in [0.1, 0.15) is 38.1 Å². The van der Waals surface area contributed by atoms with E-state index in [1.807, 2.05) is 24.3 Å². The van der Waals surface area contributed by atoms with Gasteiger partial charge in [-0.3, -0.25) is 4.79 Å². The van der Waals surface area contributed by atoms with Crippen LogP contribution in [0.4, 0.5) is 5.13 Å². The quantitative estimate of drug-likeness (QED) is 0.835. The summed E-state index contributed by atoms with van der Waals surface area (Å²) in [6.45, 7) is 5.76. The number of amides is 1. The summed E-state index contributed by atoms with van der Waals surface area (Å²) in [5.41, 5.74) is 1.13. The second-order valence-corrected chi connectivity index (χ2v) is 7.95. The maximum absolute atomic E-state index is 12.5. The number of aromatic nitrogens is 2. The van der Waals surface area contributed by atoms with E-state index in [4.69, 9.17) is 11.6 Å². The van der Waals surface area contributed by atoms with Crippen LogP contribution in [-0.4, -0.2) is 34.4 Å². The lowest BCUT2D eigenvalue weighted by Crippen LogP contribution is -2.44. The monoisotopic (exact) mass is 378 g/mol. The highest BCUT2D eigenvalue weighted by Gasteiger charge is 2.32. The van der Waals surface area contributed by atoms with Crippen molar-refractivity contribution in [3.8, 4) is 0 Å².